The maximum atomic E-state index is 11.1. The van der Waals surface area contributed by atoms with Gasteiger partial charge in [0.15, 0.2) is 9.31 Å². The number of nitrogens with zero attached hydrogens (tertiary/aromatic N) is 1. The number of aromatic amines is 2. The van der Waals surface area contributed by atoms with Crippen molar-refractivity contribution in [2.45, 2.75) is 3.79 Å². The van der Waals surface area contributed by atoms with Gasteiger partial charge in [0.05, 0.1) is 0 Å². The molecular weight excluding hydrogens is 277 g/mol. The standard InChI is InChI=1S/C4H2Cl3N3OS2/c5-4(6,7)3(11)8-2-1(12)9-10-13-2/h10H,(H,9,12). The van der Waals surface area contributed by atoms with E-state index in [-0.39, 0.29) is 4.67 Å². The second-order valence-corrected chi connectivity index (χ2v) is 5.36. The Morgan fingerprint density at radius 2 is 2.15 bits per heavy atom. The molecule has 0 aliphatic rings. The first-order valence-corrected chi connectivity index (χ1v) is 5.19. The lowest BCUT2D eigenvalue weighted by molar-refractivity contribution is -0.117. The summed E-state index contributed by atoms with van der Waals surface area (Å²) in [7, 11) is 0. The van der Waals surface area contributed by atoms with Crippen molar-refractivity contribution in [3.05, 3.63) is 9.31 Å². The van der Waals surface area contributed by atoms with E-state index in [2.05, 4.69) is 14.6 Å². The number of amides is 1. The molecule has 13 heavy (non-hydrogen) atoms. The van der Waals surface area contributed by atoms with Gasteiger partial charge < -0.3 is 0 Å². The normalized spacial score (nSPS) is 13.3. The smallest absolute Gasteiger partial charge is 0.279 e. The highest BCUT2D eigenvalue weighted by Gasteiger charge is 2.30. The molecular formula is C4H2Cl3N3OS2. The van der Waals surface area contributed by atoms with Crippen molar-refractivity contribution in [2.75, 3.05) is 0 Å². The summed E-state index contributed by atoms with van der Waals surface area (Å²) in [5, 5.41) is 2.56. The molecule has 0 saturated heterocycles. The number of nitrogens with one attached hydrogen (secondary N) is 2. The van der Waals surface area contributed by atoms with Crippen LogP contribution in [0.2, 0.25) is 0 Å². The maximum Gasteiger partial charge on any atom is 0.299 e. The van der Waals surface area contributed by atoms with Crippen molar-refractivity contribution in [3.8, 4) is 0 Å². The molecule has 1 rings (SSSR count). The fraction of sp³-hybridized carbons (Fsp3) is 0.250. The first-order chi connectivity index (χ1) is 5.91. The summed E-state index contributed by atoms with van der Waals surface area (Å²) in [6.45, 7) is 0. The Morgan fingerprint density at radius 3 is 2.54 bits per heavy atom. The zero-order valence-corrected chi connectivity index (χ0v) is 9.71. The van der Waals surface area contributed by atoms with Crippen LogP contribution in [0, 0.1) is 4.64 Å². The van der Waals surface area contributed by atoms with Crippen LogP contribution >= 0.6 is 58.6 Å². The highest BCUT2D eigenvalue weighted by Crippen LogP contribution is 2.27. The number of rotatable bonds is 0. The number of halogens is 3. The predicted octanol–water partition coefficient (Wildman–Crippen LogP) is 1.93. The second-order valence-electron chi connectivity index (χ2n) is 1.88. The number of alkyl halides is 3. The van der Waals surface area contributed by atoms with Crippen LogP contribution in [0.3, 0.4) is 0 Å². The van der Waals surface area contributed by atoms with E-state index in [9.17, 15) is 4.79 Å². The largest absolute Gasteiger partial charge is 0.299 e. The summed E-state index contributed by atoms with van der Waals surface area (Å²) in [6.07, 6.45) is 0. The number of hydrogen-bond acceptors (Lipinski definition) is 3. The van der Waals surface area contributed by atoms with Crippen molar-refractivity contribution in [2.24, 2.45) is 4.99 Å². The molecule has 0 aromatic carbocycles. The van der Waals surface area contributed by atoms with Gasteiger partial charge in [-0.1, -0.05) is 47.0 Å². The van der Waals surface area contributed by atoms with Crippen molar-refractivity contribution in [3.63, 3.8) is 0 Å². The summed E-state index contributed by atoms with van der Waals surface area (Å²) in [5.41, 5.74) is 0. The molecule has 0 aliphatic heterocycles. The van der Waals surface area contributed by atoms with E-state index < -0.39 is 9.70 Å². The van der Waals surface area contributed by atoms with Crippen LogP contribution in [0.1, 0.15) is 0 Å². The van der Waals surface area contributed by atoms with E-state index in [1.807, 2.05) is 0 Å². The van der Waals surface area contributed by atoms with Gasteiger partial charge in [-0.15, -0.1) is 0 Å². The Kier molecular flexibility index (Phi) is 3.53. The molecule has 0 unspecified atom stereocenters. The average molecular weight is 279 g/mol. The van der Waals surface area contributed by atoms with Gasteiger partial charge in [0, 0.05) is 0 Å². The molecule has 2 N–H and O–H groups in total. The molecule has 1 aromatic heterocycles. The Morgan fingerprint density at radius 1 is 1.54 bits per heavy atom. The van der Waals surface area contributed by atoms with Crippen molar-refractivity contribution in [1.82, 2.24) is 9.59 Å². The van der Waals surface area contributed by atoms with Gasteiger partial charge in [-0.3, -0.25) is 14.4 Å². The van der Waals surface area contributed by atoms with Gasteiger partial charge in [-0.05, 0) is 11.5 Å². The SMILES string of the molecule is O=C(N=c1s[nH][nH]c1=S)C(Cl)(Cl)Cl. The molecule has 0 radical (unpaired) electrons. The van der Waals surface area contributed by atoms with Crippen molar-refractivity contribution >= 4 is 64.5 Å². The maximum absolute atomic E-state index is 11.1. The molecule has 0 saturated carbocycles. The van der Waals surface area contributed by atoms with E-state index in [1.165, 1.54) is 0 Å². The zero-order valence-electron chi connectivity index (χ0n) is 5.81. The summed E-state index contributed by atoms with van der Waals surface area (Å²) in [4.78, 5) is 14.6. The van der Waals surface area contributed by atoms with Gasteiger partial charge >= 0.3 is 0 Å². The average Bonchev–Trinajstić information content (AvgIpc) is 2.34. The van der Waals surface area contributed by atoms with E-state index in [4.69, 9.17) is 47.0 Å². The molecule has 72 valence electrons. The van der Waals surface area contributed by atoms with E-state index in [0.29, 0.717) is 4.64 Å². The van der Waals surface area contributed by atoms with Crippen LogP contribution in [-0.2, 0) is 4.79 Å². The highest BCUT2D eigenvalue weighted by atomic mass is 35.6. The Balaban J connectivity index is 3.11. The number of aromatic nitrogens is 2. The summed E-state index contributed by atoms with van der Waals surface area (Å²) < 4.78 is 1.14. The zero-order chi connectivity index (χ0) is 10.1. The van der Waals surface area contributed by atoms with Gasteiger partial charge in [-0.2, -0.15) is 4.99 Å². The Bertz CT molecular complexity index is 425. The molecule has 0 bridgehead atoms. The molecule has 0 aliphatic carbocycles. The predicted molar refractivity (Wildman–Crippen MR) is 54.7 cm³/mol. The van der Waals surface area contributed by atoms with Crippen LogP contribution in [-0.4, -0.2) is 19.3 Å². The minimum atomic E-state index is -2.04. The van der Waals surface area contributed by atoms with E-state index in [1.54, 1.807) is 0 Å². The Hall–Kier alpha value is 0.120. The van der Waals surface area contributed by atoms with Crippen LogP contribution in [0.25, 0.3) is 0 Å². The first kappa shape index (κ1) is 11.2. The second kappa shape index (κ2) is 4.10. The highest BCUT2D eigenvalue weighted by molar-refractivity contribution is 7.71. The Labute approximate surface area is 96.7 Å². The number of H-pyrrole nitrogens is 2. The summed E-state index contributed by atoms with van der Waals surface area (Å²) in [5.74, 6) is -0.868. The molecule has 1 amide bonds. The molecule has 0 atom stereocenters. The fourth-order valence-electron chi connectivity index (χ4n) is 0.449. The van der Waals surface area contributed by atoms with Crippen LogP contribution in [0.4, 0.5) is 0 Å². The third-order valence-electron chi connectivity index (χ3n) is 0.952. The summed E-state index contributed by atoms with van der Waals surface area (Å²) in [6, 6.07) is 0. The molecule has 1 aromatic rings. The quantitative estimate of drug-likeness (QED) is 0.563. The van der Waals surface area contributed by atoms with E-state index in [0.717, 1.165) is 11.5 Å². The van der Waals surface area contributed by atoms with Gasteiger partial charge in [0.1, 0.15) is 0 Å². The minimum absolute atomic E-state index is 0.284. The third kappa shape index (κ3) is 3.07. The topological polar surface area (TPSA) is 61.0 Å². The number of hydrogen-bond donors (Lipinski definition) is 2. The molecule has 4 nitrogen and oxygen atoms in total. The minimum Gasteiger partial charge on any atom is -0.279 e. The number of carbonyl (C=O) groups is 1. The van der Waals surface area contributed by atoms with Gasteiger partial charge in [0.25, 0.3) is 9.70 Å². The van der Waals surface area contributed by atoms with Crippen molar-refractivity contribution < 1.29 is 4.79 Å². The van der Waals surface area contributed by atoms with Crippen molar-refractivity contribution in [1.29, 1.82) is 0 Å². The first-order valence-electron chi connectivity index (χ1n) is 2.83. The van der Waals surface area contributed by atoms with Gasteiger partial charge in [0.2, 0.25) is 0 Å². The van der Waals surface area contributed by atoms with Crippen LogP contribution in [0.5, 0.6) is 0 Å². The lowest BCUT2D eigenvalue weighted by Gasteiger charge is -2.01. The lowest BCUT2D eigenvalue weighted by atomic mass is 10.7. The fourth-order valence-corrected chi connectivity index (χ4v) is 1.38. The third-order valence-corrected chi connectivity index (χ3v) is 2.55. The molecule has 0 fully saturated rings. The van der Waals surface area contributed by atoms with Crippen LogP contribution in [0.15, 0.2) is 4.99 Å². The van der Waals surface area contributed by atoms with Crippen LogP contribution < -0.4 is 4.67 Å². The molecule has 1 heterocycles. The van der Waals surface area contributed by atoms with E-state index >= 15 is 0 Å². The summed E-state index contributed by atoms with van der Waals surface area (Å²) >= 11 is 21.7. The lowest BCUT2D eigenvalue weighted by Crippen LogP contribution is -2.18. The van der Waals surface area contributed by atoms with Gasteiger partial charge in [-0.25, -0.2) is 0 Å². The molecule has 9 heteroatoms. The monoisotopic (exact) mass is 277 g/mol. The number of carbonyl (C=O) groups excluding carboxylic acids is 1. The molecule has 0 spiro atoms.